The largest absolute Gasteiger partial charge is 0.350 e. The average molecular weight is 272 g/mol. The van der Waals surface area contributed by atoms with Crippen molar-refractivity contribution < 1.29 is 4.79 Å². The molecule has 1 aliphatic carbocycles. The van der Waals surface area contributed by atoms with Gasteiger partial charge in [0, 0.05) is 17.0 Å². The molecule has 0 saturated heterocycles. The first kappa shape index (κ1) is 9.93. The third-order valence-corrected chi connectivity index (χ3v) is 3.51. The van der Waals surface area contributed by atoms with Crippen molar-refractivity contribution in [2.75, 3.05) is 0 Å². The van der Waals surface area contributed by atoms with Gasteiger partial charge in [0.15, 0.2) is 0 Å². The molecule has 0 aliphatic heterocycles. The monoisotopic (exact) mass is 271 g/mol. The predicted molar refractivity (Wildman–Crippen MR) is 62.2 cm³/mol. The lowest BCUT2D eigenvalue weighted by Gasteiger charge is -1.95. The highest BCUT2D eigenvalue weighted by atomic mass is 79.9. The first-order chi connectivity index (χ1) is 6.74. The Labute approximate surface area is 95.1 Å². The Morgan fingerprint density at radius 2 is 2.36 bits per heavy atom. The molecule has 1 fully saturated rings. The Kier molecular flexibility index (Phi) is 3.03. The molecular formula is C10H10BrNOS. The molecule has 0 bridgehead atoms. The van der Waals surface area contributed by atoms with Gasteiger partial charge in [0.05, 0.1) is 3.79 Å². The van der Waals surface area contributed by atoms with Crippen LogP contribution in [0.2, 0.25) is 0 Å². The summed E-state index contributed by atoms with van der Waals surface area (Å²) < 4.78 is 1.08. The molecule has 1 heterocycles. The number of thiophene rings is 1. The maximum atomic E-state index is 11.3. The van der Waals surface area contributed by atoms with Gasteiger partial charge in [0.2, 0.25) is 5.91 Å². The number of carbonyl (C=O) groups is 1. The van der Waals surface area contributed by atoms with Gasteiger partial charge in [-0.2, -0.15) is 0 Å². The van der Waals surface area contributed by atoms with Crippen LogP contribution >= 0.6 is 27.3 Å². The van der Waals surface area contributed by atoms with Crippen LogP contribution in [0.1, 0.15) is 17.7 Å². The zero-order chi connectivity index (χ0) is 9.97. The molecule has 1 aromatic heterocycles. The third-order valence-electron chi connectivity index (χ3n) is 1.92. The SMILES string of the molecule is O=C(/C=C/c1ccc(Br)s1)NC1CC1. The van der Waals surface area contributed by atoms with Gasteiger partial charge in [-0.25, -0.2) is 0 Å². The van der Waals surface area contributed by atoms with Crippen molar-refractivity contribution in [3.63, 3.8) is 0 Å². The molecule has 0 spiro atoms. The highest BCUT2D eigenvalue weighted by Gasteiger charge is 2.21. The van der Waals surface area contributed by atoms with Gasteiger partial charge in [-0.05, 0) is 47.0 Å². The molecule has 1 amide bonds. The van der Waals surface area contributed by atoms with Gasteiger partial charge in [0.1, 0.15) is 0 Å². The molecule has 1 aromatic rings. The molecule has 0 radical (unpaired) electrons. The second kappa shape index (κ2) is 4.28. The molecule has 14 heavy (non-hydrogen) atoms. The minimum Gasteiger partial charge on any atom is -0.350 e. The molecule has 1 N–H and O–H groups in total. The van der Waals surface area contributed by atoms with E-state index in [1.807, 2.05) is 18.2 Å². The summed E-state index contributed by atoms with van der Waals surface area (Å²) in [6.07, 6.45) is 5.69. The second-order valence-corrected chi connectivity index (χ2v) is 5.75. The summed E-state index contributed by atoms with van der Waals surface area (Å²) in [6.45, 7) is 0. The number of halogens is 1. The average Bonchev–Trinajstić information content (AvgIpc) is 2.85. The van der Waals surface area contributed by atoms with E-state index in [-0.39, 0.29) is 5.91 Å². The van der Waals surface area contributed by atoms with Gasteiger partial charge in [-0.3, -0.25) is 4.79 Å². The summed E-state index contributed by atoms with van der Waals surface area (Å²) in [5, 5.41) is 2.90. The lowest BCUT2D eigenvalue weighted by Crippen LogP contribution is -2.22. The molecule has 4 heteroatoms. The summed E-state index contributed by atoms with van der Waals surface area (Å²) in [5.74, 6) is 0.0111. The molecule has 2 rings (SSSR count). The minimum absolute atomic E-state index is 0.0111. The van der Waals surface area contributed by atoms with E-state index in [4.69, 9.17) is 0 Å². The molecule has 0 atom stereocenters. The molecular weight excluding hydrogens is 262 g/mol. The quantitative estimate of drug-likeness (QED) is 0.842. The second-order valence-electron chi connectivity index (χ2n) is 3.26. The molecule has 0 unspecified atom stereocenters. The lowest BCUT2D eigenvalue weighted by atomic mass is 10.4. The minimum atomic E-state index is 0.0111. The summed E-state index contributed by atoms with van der Waals surface area (Å²) in [5.41, 5.74) is 0. The van der Waals surface area contributed by atoms with Crippen LogP contribution in [0.4, 0.5) is 0 Å². The van der Waals surface area contributed by atoms with Crippen LogP contribution in [0.15, 0.2) is 22.0 Å². The number of hydrogen-bond acceptors (Lipinski definition) is 2. The van der Waals surface area contributed by atoms with E-state index < -0.39 is 0 Å². The Bertz CT molecular complexity index is 368. The Hall–Kier alpha value is -0.610. The Balaban J connectivity index is 1.88. The maximum Gasteiger partial charge on any atom is 0.244 e. The molecule has 2 nitrogen and oxygen atoms in total. The number of nitrogens with one attached hydrogen (secondary N) is 1. The van der Waals surface area contributed by atoms with Gasteiger partial charge in [-0.1, -0.05) is 0 Å². The fourth-order valence-corrected chi connectivity index (χ4v) is 2.38. The predicted octanol–water partition coefficient (Wildman–Crippen LogP) is 2.80. The van der Waals surface area contributed by atoms with Crippen molar-refractivity contribution in [1.29, 1.82) is 0 Å². The van der Waals surface area contributed by atoms with Crippen LogP contribution in [-0.4, -0.2) is 11.9 Å². The van der Waals surface area contributed by atoms with E-state index >= 15 is 0 Å². The van der Waals surface area contributed by atoms with E-state index in [1.165, 1.54) is 0 Å². The van der Waals surface area contributed by atoms with Crippen LogP contribution in [0, 0.1) is 0 Å². The van der Waals surface area contributed by atoms with Gasteiger partial charge >= 0.3 is 0 Å². The van der Waals surface area contributed by atoms with Gasteiger partial charge in [0.25, 0.3) is 0 Å². The fraction of sp³-hybridized carbons (Fsp3) is 0.300. The van der Waals surface area contributed by atoms with Crippen molar-refractivity contribution in [2.45, 2.75) is 18.9 Å². The van der Waals surface area contributed by atoms with Crippen LogP contribution in [0.25, 0.3) is 6.08 Å². The Morgan fingerprint density at radius 3 is 2.93 bits per heavy atom. The summed E-state index contributed by atoms with van der Waals surface area (Å²) in [6, 6.07) is 4.39. The Morgan fingerprint density at radius 1 is 1.57 bits per heavy atom. The van der Waals surface area contributed by atoms with Gasteiger partial charge in [-0.15, -0.1) is 11.3 Å². The highest BCUT2D eigenvalue weighted by Crippen LogP contribution is 2.23. The summed E-state index contributed by atoms with van der Waals surface area (Å²) >= 11 is 4.99. The lowest BCUT2D eigenvalue weighted by molar-refractivity contribution is -0.116. The van der Waals surface area contributed by atoms with Crippen molar-refractivity contribution in [3.8, 4) is 0 Å². The summed E-state index contributed by atoms with van der Waals surface area (Å²) in [7, 11) is 0. The number of amides is 1. The number of carbonyl (C=O) groups excluding carboxylic acids is 1. The fourth-order valence-electron chi connectivity index (χ4n) is 1.05. The van der Waals surface area contributed by atoms with E-state index in [0.717, 1.165) is 21.5 Å². The zero-order valence-corrected chi connectivity index (χ0v) is 9.90. The number of hydrogen-bond donors (Lipinski definition) is 1. The standard InChI is InChI=1S/C10H10BrNOS/c11-9-5-3-8(14-9)4-6-10(13)12-7-1-2-7/h3-7H,1-2H2,(H,12,13)/b6-4+. The summed E-state index contributed by atoms with van der Waals surface area (Å²) in [4.78, 5) is 12.4. The van der Waals surface area contributed by atoms with E-state index in [2.05, 4.69) is 21.2 Å². The normalized spacial score (nSPS) is 16.1. The number of rotatable bonds is 3. The zero-order valence-electron chi connectivity index (χ0n) is 7.50. The smallest absolute Gasteiger partial charge is 0.244 e. The van der Waals surface area contributed by atoms with E-state index in [0.29, 0.717) is 6.04 Å². The van der Waals surface area contributed by atoms with Crippen molar-refractivity contribution in [1.82, 2.24) is 5.32 Å². The van der Waals surface area contributed by atoms with Crippen molar-refractivity contribution in [2.24, 2.45) is 0 Å². The van der Waals surface area contributed by atoms with Crippen LogP contribution in [-0.2, 0) is 4.79 Å². The van der Waals surface area contributed by atoms with Gasteiger partial charge < -0.3 is 5.32 Å². The van der Waals surface area contributed by atoms with E-state index in [1.54, 1.807) is 17.4 Å². The van der Waals surface area contributed by atoms with Crippen LogP contribution < -0.4 is 5.32 Å². The molecule has 1 aliphatic rings. The first-order valence-corrected chi connectivity index (χ1v) is 6.09. The molecule has 74 valence electrons. The highest BCUT2D eigenvalue weighted by molar-refractivity contribution is 9.11. The van der Waals surface area contributed by atoms with E-state index in [9.17, 15) is 4.79 Å². The first-order valence-electron chi connectivity index (χ1n) is 4.48. The molecule has 1 saturated carbocycles. The van der Waals surface area contributed by atoms with Crippen LogP contribution in [0.5, 0.6) is 0 Å². The third kappa shape index (κ3) is 2.96. The van der Waals surface area contributed by atoms with Crippen LogP contribution in [0.3, 0.4) is 0 Å². The van der Waals surface area contributed by atoms with Crippen molar-refractivity contribution in [3.05, 3.63) is 26.9 Å². The molecule has 0 aromatic carbocycles. The maximum absolute atomic E-state index is 11.3. The topological polar surface area (TPSA) is 29.1 Å². The van der Waals surface area contributed by atoms with Crippen molar-refractivity contribution >= 4 is 39.2 Å².